The summed E-state index contributed by atoms with van der Waals surface area (Å²) in [5, 5.41) is 10.2. The molecule has 24 heavy (non-hydrogen) atoms. The molecule has 0 spiro atoms. The van der Waals surface area contributed by atoms with E-state index in [0.717, 1.165) is 28.4 Å². The first-order valence-corrected chi connectivity index (χ1v) is 7.80. The standard InChI is InChI=1S/C18H20N4O2/c1-13-17(12-20-18(23)19-11-16-9-6-10-24-16)14(2)22(21-13)15-7-4-3-5-8-15/h3-10H,11-12H2,1-2H3,(H2,19,20,23). The fourth-order valence-electron chi connectivity index (χ4n) is 2.56. The molecule has 0 aliphatic rings. The number of nitrogens with zero attached hydrogens (tertiary/aromatic N) is 2. The zero-order valence-electron chi connectivity index (χ0n) is 13.7. The van der Waals surface area contributed by atoms with Crippen LogP contribution in [-0.2, 0) is 13.1 Å². The zero-order chi connectivity index (χ0) is 16.9. The van der Waals surface area contributed by atoms with E-state index in [2.05, 4.69) is 15.7 Å². The summed E-state index contributed by atoms with van der Waals surface area (Å²) in [6.07, 6.45) is 1.58. The molecule has 2 aromatic heterocycles. The predicted molar refractivity (Wildman–Crippen MR) is 90.8 cm³/mol. The summed E-state index contributed by atoms with van der Waals surface area (Å²) in [6.45, 7) is 4.74. The number of carbonyl (C=O) groups is 1. The van der Waals surface area contributed by atoms with Gasteiger partial charge >= 0.3 is 6.03 Å². The quantitative estimate of drug-likeness (QED) is 0.757. The van der Waals surface area contributed by atoms with E-state index >= 15 is 0 Å². The minimum absolute atomic E-state index is 0.238. The Hall–Kier alpha value is -3.02. The third kappa shape index (κ3) is 3.48. The first-order valence-electron chi connectivity index (χ1n) is 7.80. The Morgan fingerprint density at radius 1 is 1.08 bits per heavy atom. The molecule has 2 amide bonds. The molecule has 2 N–H and O–H groups in total. The Bertz CT molecular complexity index is 807. The van der Waals surface area contributed by atoms with E-state index < -0.39 is 0 Å². The van der Waals surface area contributed by atoms with Gasteiger partial charge in [0.1, 0.15) is 5.76 Å². The summed E-state index contributed by atoms with van der Waals surface area (Å²) in [5.74, 6) is 0.717. The fraction of sp³-hybridized carbons (Fsp3) is 0.222. The maximum absolute atomic E-state index is 11.9. The Labute approximate surface area is 140 Å². The SMILES string of the molecule is Cc1nn(-c2ccccc2)c(C)c1CNC(=O)NCc1ccco1. The Morgan fingerprint density at radius 3 is 2.54 bits per heavy atom. The van der Waals surface area contributed by atoms with E-state index in [1.54, 1.807) is 12.3 Å². The molecule has 0 bridgehead atoms. The maximum Gasteiger partial charge on any atom is 0.315 e. The summed E-state index contributed by atoms with van der Waals surface area (Å²) in [7, 11) is 0. The minimum Gasteiger partial charge on any atom is -0.467 e. The number of para-hydroxylation sites is 1. The summed E-state index contributed by atoms with van der Waals surface area (Å²) >= 11 is 0. The van der Waals surface area contributed by atoms with Gasteiger partial charge in [0.05, 0.1) is 24.2 Å². The average Bonchev–Trinajstić information content (AvgIpc) is 3.21. The van der Waals surface area contributed by atoms with Gasteiger partial charge in [-0.15, -0.1) is 0 Å². The number of carbonyl (C=O) groups excluding carboxylic acids is 1. The number of hydrogen-bond donors (Lipinski definition) is 2. The number of hydrogen-bond acceptors (Lipinski definition) is 3. The van der Waals surface area contributed by atoms with Crippen molar-refractivity contribution in [2.75, 3.05) is 0 Å². The number of aryl methyl sites for hydroxylation is 1. The third-order valence-electron chi connectivity index (χ3n) is 3.87. The molecule has 0 atom stereocenters. The lowest BCUT2D eigenvalue weighted by Crippen LogP contribution is -2.34. The molecule has 0 saturated heterocycles. The van der Waals surface area contributed by atoms with Crippen LogP contribution in [0.2, 0.25) is 0 Å². The van der Waals surface area contributed by atoms with Crippen LogP contribution in [0, 0.1) is 13.8 Å². The summed E-state index contributed by atoms with van der Waals surface area (Å²) in [4.78, 5) is 11.9. The van der Waals surface area contributed by atoms with Crippen LogP contribution >= 0.6 is 0 Å². The van der Waals surface area contributed by atoms with Crippen molar-refractivity contribution in [2.45, 2.75) is 26.9 Å². The van der Waals surface area contributed by atoms with Crippen molar-refractivity contribution in [3.05, 3.63) is 71.4 Å². The van der Waals surface area contributed by atoms with Crippen molar-refractivity contribution in [3.8, 4) is 5.69 Å². The number of rotatable bonds is 5. The van der Waals surface area contributed by atoms with Gasteiger partial charge in [0.15, 0.2) is 0 Å². The van der Waals surface area contributed by atoms with Gasteiger partial charge in [0.25, 0.3) is 0 Å². The molecule has 0 unspecified atom stereocenters. The van der Waals surface area contributed by atoms with Crippen LogP contribution in [0.3, 0.4) is 0 Å². The second-order valence-corrected chi connectivity index (χ2v) is 5.51. The van der Waals surface area contributed by atoms with Crippen molar-refractivity contribution < 1.29 is 9.21 Å². The van der Waals surface area contributed by atoms with Gasteiger partial charge in [-0.1, -0.05) is 18.2 Å². The lowest BCUT2D eigenvalue weighted by Gasteiger charge is -2.08. The van der Waals surface area contributed by atoms with Crippen molar-refractivity contribution in [1.82, 2.24) is 20.4 Å². The van der Waals surface area contributed by atoms with Gasteiger partial charge in [-0.25, -0.2) is 9.48 Å². The number of urea groups is 1. The van der Waals surface area contributed by atoms with E-state index in [1.807, 2.05) is 54.9 Å². The van der Waals surface area contributed by atoms with Crippen LogP contribution < -0.4 is 10.6 Å². The lowest BCUT2D eigenvalue weighted by molar-refractivity contribution is 0.239. The molecule has 1 aromatic carbocycles. The molecule has 2 heterocycles. The van der Waals surface area contributed by atoms with Gasteiger partial charge in [0.2, 0.25) is 0 Å². The molecule has 6 nitrogen and oxygen atoms in total. The van der Waals surface area contributed by atoms with Gasteiger partial charge in [-0.3, -0.25) is 0 Å². The van der Waals surface area contributed by atoms with Crippen molar-refractivity contribution in [1.29, 1.82) is 0 Å². The number of amides is 2. The average molecular weight is 324 g/mol. The highest BCUT2D eigenvalue weighted by atomic mass is 16.3. The molecule has 0 aliphatic heterocycles. The zero-order valence-corrected chi connectivity index (χ0v) is 13.7. The second-order valence-electron chi connectivity index (χ2n) is 5.51. The third-order valence-corrected chi connectivity index (χ3v) is 3.87. The first-order chi connectivity index (χ1) is 11.6. The molecule has 124 valence electrons. The highest BCUT2D eigenvalue weighted by molar-refractivity contribution is 5.73. The summed E-state index contributed by atoms with van der Waals surface area (Å²) in [5.41, 5.74) is 3.95. The van der Waals surface area contributed by atoms with Crippen molar-refractivity contribution in [3.63, 3.8) is 0 Å². The monoisotopic (exact) mass is 324 g/mol. The number of aromatic nitrogens is 2. The second kappa shape index (κ2) is 7.04. The topological polar surface area (TPSA) is 72.1 Å². The highest BCUT2D eigenvalue weighted by Gasteiger charge is 2.13. The molecular formula is C18H20N4O2. The van der Waals surface area contributed by atoms with Crippen LogP contribution in [0.15, 0.2) is 53.1 Å². The van der Waals surface area contributed by atoms with E-state index in [0.29, 0.717) is 13.1 Å². The molecule has 3 aromatic rings. The van der Waals surface area contributed by atoms with Crippen LogP contribution in [-0.4, -0.2) is 15.8 Å². The Kier molecular flexibility index (Phi) is 4.65. The summed E-state index contributed by atoms with van der Waals surface area (Å²) in [6, 6.07) is 13.3. The number of benzene rings is 1. The smallest absolute Gasteiger partial charge is 0.315 e. The summed E-state index contributed by atoms with van der Waals surface area (Å²) < 4.78 is 7.08. The van der Waals surface area contributed by atoms with E-state index in [9.17, 15) is 4.79 Å². The first kappa shape index (κ1) is 15.9. The normalized spacial score (nSPS) is 10.6. The van der Waals surface area contributed by atoms with Crippen LogP contribution in [0.4, 0.5) is 4.79 Å². The fourth-order valence-corrected chi connectivity index (χ4v) is 2.56. The van der Waals surface area contributed by atoms with Gasteiger partial charge in [-0.05, 0) is 38.1 Å². The molecule has 0 radical (unpaired) electrons. The van der Waals surface area contributed by atoms with Gasteiger partial charge in [-0.2, -0.15) is 5.10 Å². The van der Waals surface area contributed by atoms with Gasteiger partial charge < -0.3 is 15.1 Å². The molecular weight excluding hydrogens is 304 g/mol. The highest BCUT2D eigenvalue weighted by Crippen LogP contribution is 2.17. The predicted octanol–water partition coefficient (Wildman–Crippen LogP) is 3.08. The molecule has 0 saturated carbocycles. The number of nitrogens with one attached hydrogen (secondary N) is 2. The van der Waals surface area contributed by atoms with Crippen molar-refractivity contribution >= 4 is 6.03 Å². The molecule has 0 aliphatic carbocycles. The van der Waals surface area contributed by atoms with Crippen molar-refractivity contribution in [2.24, 2.45) is 0 Å². The molecule has 6 heteroatoms. The van der Waals surface area contributed by atoms with E-state index in [1.165, 1.54) is 0 Å². The largest absolute Gasteiger partial charge is 0.467 e. The van der Waals surface area contributed by atoms with E-state index in [4.69, 9.17) is 4.42 Å². The maximum atomic E-state index is 11.9. The van der Waals surface area contributed by atoms with Crippen LogP contribution in [0.5, 0.6) is 0 Å². The van der Waals surface area contributed by atoms with Crippen LogP contribution in [0.25, 0.3) is 5.69 Å². The molecule has 3 rings (SSSR count). The molecule has 0 fully saturated rings. The minimum atomic E-state index is -0.238. The number of furan rings is 1. The van der Waals surface area contributed by atoms with Crippen LogP contribution in [0.1, 0.15) is 22.7 Å². The van der Waals surface area contributed by atoms with Gasteiger partial charge in [0, 0.05) is 17.8 Å². The van der Waals surface area contributed by atoms with E-state index in [-0.39, 0.29) is 6.03 Å². The Balaban J connectivity index is 1.63. The Morgan fingerprint density at radius 2 is 1.83 bits per heavy atom. The lowest BCUT2D eigenvalue weighted by atomic mass is 10.2.